The van der Waals surface area contributed by atoms with Crippen molar-refractivity contribution in [2.45, 2.75) is 31.7 Å². The molecule has 3 aromatic carbocycles. The van der Waals surface area contributed by atoms with Crippen LogP contribution in [0.4, 0.5) is 5.69 Å². The molecule has 0 amide bonds. The Morgan fingerprint density at radius 3 is 2.48 bits per heavy atom. The number of hydrogen-bond donors (Lipinski definition) is 1. The van der Waals surface area contributed by atoms with Crippen LogP contribution >= 0.6 is 0 Å². The van der Waals surface area contributed by atoms with Gasteiger partial charge in [0.15, 0.2) is 11.5 Å². The molecule has 0 unspecified atom stereocenters. The van der Waals surface area contributed by atoms with E-state index in [-0.39, 0.29) is 10.6 Å². The summed E-state index contributed by atoms with van der Waals surface area (Å²) in [6.07, 6.45) is 2.16. The van der Waals surface area contributed by atoms with Crippen molar-refractivity contribution in [2.24, 2.45) is 0 Å². The SMILES string of the molecule is C=CCc1cc(CNc2cccc(C)c2)cc(OCC)c1OS(=O)(=O)c1ccccc1. The highest BCUT2D eigenvalue weighted by atomic mass is 32.2. The van der Waals surface area contributed by atoms with Crippen molar-refractivity contribution >= 4 is 15.8 Å². The molecule has 1 N–H and O–H groups in total. The molecular formula is C25H27NO4S. The maximum absolute atomic E-state index is 12.8. The first kappa shape index (κ1) is 22.4. The van der Waals surface area contributed by atoms with E-state index in [2.05, 4.69) is 18.0 Å². The summed E-state index contributed by atoms with van der Waals surface area (Å²) < 4.78 is 37.0. The molecule has 0 saturated carbocycles. The van der Waals surface area contributed by atoms with E-state index >= 15 is 0 Å². The molecule has 0 aromatic heterocycles. The summed E-state index contributed by atoms with van der Waals surface area (Å²) in [6, 6.07) is 19.9. The van der Waals surface area contributed by atoms with Crippen LogP contribution in [-0.4, -0.2) is 15.0 Å². The van der Waals surface area contributed by atoms with Crippen molar-refractivity contribution in [2.75, 3.05) is 11.9 Å². The third-order valence-electron chi connectivity index (χ3n) is 4.60. The first-order chi connectivity index (χ1) is 14.9. The Morgan fingerprint density at radius 2 is 1.81 bits per heavy atom. The minimum Gasteiger partial charge on any atom is -0.490 e. The summed E-state index contributed by atoms with van der Waals surface area (Å²) in [6.45, 7) is 8.62. The smallest absolute Gasteiger partial charge is 0.339 e. The summed E-state index contributed by atoms with van der Waals surface area (Å²) >= 11 is 0. The van der Waals surface area contributed by atoms with Crippen molar-refractivity contribution in [3.05, 3.63) is 96.1 Å². The van der Waals surface area contributed by atoms with Gasteiger partial charge in [-0.3, -0.25) is 0 Å². The molecule has 0 radical (unpaired) electrons. The zero-order valence-corrected chi connectivity index (χ0v) is 18.6. The third-order valence-corrected chi connectivity index (χ3v) is 5.83. The van der Waals surface area contributed by atoms with E-state index in [1.54, 1.807) is 24.3 Å². The van der Waals surface area contributed by atoms with Crippen LogP contribution in [0.1, 0.15) is 23.6 Å². The second-order valence-corrected chi connectivity index (χ2v) is 8.63. The van der Waals surface area contributed by atoms with Gasteiger partial charge in [-0.05, 0) is 67.8 Å². The minimum atomic E-state index is -4.00. The van der Waals surface area contributed by atoms with Gasteiger partial charge in [-0.15, -0.1) is 6.58 Å². The van der Waals surface area contributed by atoms with Gasteiger partial charge >= 0.3 is 10.1 Å². The lowest BCUT2D eigenvalue weighted by atomic mass is 10.1. The van der Waals surface area contributed by atoms with Crippen molar-refractivity contribution in [1.82, 2.24) is 0 Å². The van der Waals surface area contributed by atoms with Crippen molar-refractivity contribution in [3.63, 3.8) is 0 Å². The van der Waals surface area contributed by atoms with E-state index in [1.807, 2.05) is 44.2 Å². The number of hydrogen-bond acceptors (Lipinski definition) is 5. The number of anilines is 1. The second kappa shape index (κ2) is 10.2. The lowest BCUT2D eigenvalue weighted by molar-refractivity contribution is 0.326. The van der Waals surface area contributed by atoms with E-state index in [4.69, 9.17) is 8.92 Å². The van der Waals surface area contributed by atoms with Crippen molar-refractivity contribution < 1.29 is 17.3 Å². The average molecular weight is 438 g/mol. The van der Waals surface area contributed by atoms with Gasteiger partial charge in [0.05, 0.1) is 6.61 Å². The third kappa shape index (κ3) is 5.89. The fourth-order valence-corrected chi connectivity index (χ4v) is 4.19. The Hall–Kier alpha value is -3.25. The molecule has 5 nitrogen and oxygen atoms in total. The molecule has 0 spiro atoms. The van der Waals surface area contributed by atoms with Crippen LogP contribution in [0.15, 0.2) is 84.3 Å². The molecule has 0 saturated heterocycles. The average Bonchev–Trinajstić information content (AvgIpc) is 2.75. The zero-order valence-electron chi connectivity index (χ0n) is 17.8. The molecule has 3 rings (SSSR count). The van der Waals surface area contributed by atoms with E-state index in [0.29, 0.717) is 30.9 Å². The Kier molecular flexibility index (Phi) is 7.36. The van der Waals surface area contributed by atoms with Gasteiger partial charge in [0, 0.05) is 17.8 Å². The number of aryl methyl sites for hydroxylation is 1. The Morgan fingerprint density at radius 1 is 1.03 bits per heavy atom. The highest BCUT2D eigenvalue weighted by molar-refractivity contribution is 7.87. The Bertz CT molecular complexity index is 1140. The highest BCUT2D eigenvalue weighted by Gasteiger charge is 2.22. The molecule has 0 aliphatic heterocycles. The second-order valence-electron chi connectivity index (χ2n) is 7.08. The quantitative estimate of drug-likeness (QED) is 0.335. The van der Waals surface area contributed by atoms with E-state index < -0.39 is 10.1 Å². The lowest BCUT2D eigenvalue weighted by Gasteiger charge is -2.18. The highest BCUT2D eigenvalue weighted by Crippen LogP contribution is 2.36. The van der Waals surface area contributed by atoms with Crippen LogP contribution in [0.3, 0.4) is 0 Å². The maximum Gasteiger partial charge on any atom is 0.339 e. The minimum absolute atomic E-state index is 0.0900. The number of ether oxygens (including phenoxy) is 1. The molecule has 0 heterocycles. The van der Waals surface area contributed by atoms with Crippen LogP contribution in [0.25, 0.3) is 0 Å². The number of allylic oxidation sites excluding steroid dienone is 1. The van der Waals surface area contributed by atoms with Gasteiger partial charge in [0.2, 0.25) is 0 Å². The fraction of sp³-hybridized carbons (Fsp3) is 0.200. The largest absolute Gasteiger partial charge is 0.490 e. The molecule has 162 valence electrons. The summed E-state index contributed by atoms with van der Waals surface area (Å²) in [5, 5.41) is 3.39. The van der Waals surface area contributed by atoms with Gasteiger partial charge in [-0.2, -0.15) is 8.42 Å². The van der Waals surface area contributed by atoms with Crippen molar-refractivity contribution in [1.29, 1.82) is 0 Å². The molecule has 0 aliphatic carbocycles. The maximum atomic E-state index is 12.8. The monoisotopic (exact) mass is 437 g/mol. The fourth-order valence-electron chi connectivity index (χ4n) is 3.19. The molecule has 3 aromatic rings. The summed E-state index contributed by atoms with van der Waals surface area (Å²) in [5.41, 5.74) is 3.82. The van der Waals surface area contributed by atoms with Gasteiger partial charge in [0.25, 0.3) is 0 Å². The topological polar surface area (TPSA) is 64.6 Å². The van der Waals surface area contributed by atoms with Gasteiger partial charge in [-0.1, -0.05) is 36.4 Å². The van der Waals surface area contributed by atoms with Crippen molar-refractivity contribution in [3.8, 4) is 11.5 Å². The van der Waals surface area contributed by atoms with E-state index in [9.17, 15) is 8.42 Å². The standard InChI is InChI=1S/C25H27NO4S/c1-4-10-21-16-20(18-26-22-12-9-11-19(3)15-22)17-24(29-5-2)25(21)30-31(27,28)23-13-7-6-8-14-23/h4,6-9,11-17,26H,1,5,10,18H2,2-3H3. The lowest BCUT2D eigenvalue weighted by Crippen LogP contribution is -2.13. The van der Waals surface area contributed by atoms with Crippen LogP contribution in [0.2, 0.25) is 0 Å². The van der Waals surface area contributed by atoms with E-state index in [1.165, 1.54) is 17.7 Å². The molecule has 0 atom stereocenters. The Labute approximate surface area is 184 Å². The molecular weight excluding hydrogens is 410 g/mol. The summed E-state index contributed by atoms with van der Waals surface area (Å²) in [5.74, 6) is 0.590. The van der Waals surface area contributed by atoms with E-state index in [0.717, 1.165) is 11.3 Å². The number of benzene rings is 3. The summed E-state index contributed by atoms with van der Waals surface area (Å²) in [7, 11) is -4.00. The van der Waals surface area contributed by atoms with Crippen LogP contribution in [0, 0.1) is 6.92 Å². The van der Waals surface area contributed by atoms with Crippen LogP contribution in [-0.2, 0) is 23.1 Å². The zero-order chi connectivity index (χ0) is 22.3. The molecule has 0 aliphatic rings. The summed E-state index contributed by atoms with van der Waals surface area (Å²) in [4.78, 5) is 0.0900. The number of rotatable bonds is 10. The molecule has 6 heteroatoms. The first-order valence-corrected chi connectivity index (χ1v) is 11.5. The van der Waals surface area contributed by atoms with Crippen LogP contribution < -0.4 is 14.2 Å². The predicted octanol–water partition coefficient (Wildman–Crippen LogP) is 5.50. The first-order valence-electron chi connectivity index (χ1n) is 10.1. The Balaban J connectivity index is 1.95. The number of nitrogens with one attached hydrogen (secondary N) is 1. The molecule has 31 heavy (non-hydrogen) atoms. The van der Waals surface area contributed by atoms with Gasteiger partial charge in [-0.25, -0.2) is 0 Å². The normalized spacial score (nSPS) is 11.0. The van der Waals surface area contributed by atoms with Gasteiger partial charge in [0.1, 0.15) is 4.90 Å². The van der Waals surface area contributed by atoms with Gasteiger partial charge < -0.3 is 14.2 Å². The van der Waals surface area contributed by atoms with Crippen LogP contribution in [0.5, 0.6) is 11.5 Å². The predicted molar refractivity (Wildman–Crippen MR) is 124 cm³/mol. The molecule has 0 fully saturated rings. The molecule has 0 bridgehead atoms.